The summed E-state index contributed by atoms with van der Waals surface area (Å²) >= 11 is 0. The van der Waals surface area contributed by atoms with Crippen LogP contribution < -0.4 is 0 Å². The molecule has 0 spiro atoms. The predicted octanol–water partition coefficient (Wildman–Crippen LogP) is 1.81. The topological polar surface area (TPSA) is 174 Å². The smallest absolute Gasteiger partial charge is 0.303 e. The number of ether oxygens (including phenoxy) is 2. The molecule has 0 saturated carbocycles. The number of hydrogen-bond acceptors (Lipinski definition) is 8. The highest BCUT2D eigenvalue weighted by molar-refractivity contribution is 5.67. The molecule has 6 N–H and O–H groups in total. The van der Waals surface area contributed by atoms with Gasteiger partial charge in [0.25, 0.3) is 0 Å². The Kier molecular flexibility index (Phi) is 32.8. The molecule has 0 aliphatic carbocycles. The van der Waals surface area contributed by atoms with E-state index in [2.05, 4.69) is 13.8 Å². The Morgan fingerprint density at radius 3 is 1.28 bits per heavy atom. The maximum atomic E-state index is 9.90. The minimum Gasteiger partial charge on any atom is -0.481 e. The largest absolute Gasteiger partial charge is 0.481 e. The van der Waals surface area contributed by atoms with E-state index in [0.29, 0.717) is 39.3 Å². The van der Waals surface area contributed by atoms with Crippen molar-refractivity contribution in [2.75, 3.05) is 39.6 Å². The number of carboxylic acid groups (broad SMARTS) is 2. The fourth-order valence-electron chi connectivity index (χ4n) is 2.17. The van der Waals surface area contributed by atoms with Crippen molar-refractivity contribution in [3.63, 3.8) is 0 Å². The molecule has 0 aromatic heterocycles. The Labute approximate surface area is 192 Å². The molecule has 2 atom stereocenters. The summed E-state index contributed by atoms with van der Waals surface area (Å²) < 4.78 is 9.88. The van der Waals surface area contributed by atoms with Crippen LogP contribution in [0.2, 0.25) is 0 Å². The summed E-state index contributed by atoms with van der Waals surface area (Å²) in [5.74, 6) is -1.74. The molecule has 0 saturated heterocycles. The standard InChI is InChI=1S/2C8H18O3.C6H10O4/c2*1-2-3-4-8(10)7-11-6-5-9;7-5(8)3-1-2-4-6(9)10/h2*8-10H,2-7H2,1H3;1-4H2,(H,7,8)(H,9,10). The summed E-state index contributed by atoms with van der Waals surface area (Å²) in [6.45, 7) is 5.57. The van der Waals surface area contributed by atoms with Crippen molar-refractivity contribution in [2.45, 2.75) is 90.3 Å². The average molecular weight is 471 g/mol. The van der Waals surface area contributed by atoms with Gasteiger partial charge in [-0.25, -0.2) is 0 Å². The summed E-state index contributed by atoms with van der Waals surface area (Å²) in [6, 6.07) is 0. The molecule has 10 heteroatoms. The number of rotatable bonds is 19. The van der Waals surface area contributed by atoms with E-state index in [9.17, 15) is 19.8 Å². The molecule has 10 nitrogen and oxygen atoms in total. The van der Waals surface area contributed by atoms with Crippen LogP contribution in [0.5, 0.6) is 0 Å². The van der Waals surface area contributed by atoms with Crippen LogP contribution in [0.4, 0.5) is 0 Å². The molecule has 0 radical (unpaired) electrons. The molecule has 32 heavy (non-hydrogen) atoms. The van der Waals surface area contributed by atoms with E-state index in [0.717, 1.165) is 38.5 Å². The molecule has 0 rings (SSSR count). The zero-order valence-electron chi connectivity index (χ0n) is 19.8. The van der Waals surface area contributed by atoms with Crippen molar-refractivity contribution in [2.24, 2.45) is 0 Å². The molecule has 2 unspecified atom stereocenters. The Balaban J connectivity index is -0.000000395. The van der Waals surface area contributed by atoms with Gasteiger partial charge in [0.15, 0.2) is 0 Å². The first-order valence-corrected chi connectivity index (χ1v) is 11.4. The second-order valence-corrected chi connectivity index (χ2v) is 7.18. The molecule has 194 valence electrons. The average Bonchev–Trinajstić information content (AvgIpc) is 2.75. The number of hydrogen-bond donors (Lipinski definition) is 6. The van der Waals surface area contributed by atoms with Crippen LogP contribution in [0, 0.1) is 0 Å². The van der Waals surface area contributed by atoms with Gasteiger partial charge in [-0.2, -0.15) is 0 Å². The lowest BCUT2D eigenvalue weighted by molar-refractivity contribution is -0.139. The van der Waals surface area contributed by atoms with Crippen molar-refractivity contribution in [1.82, 2.24) is 0 Å². The van der Waals surface area contributed by atoms with Crippen molar-refractivity contribution in [3.05, 3.63) is 0 Å². The zero-order valence-corrected chi connectivity index (χ0v) is 19.8. The quantitative estimate of drug-likeness (QED) is 0.153. The van der Waals surface area contributed by atoms with Gasteiger partial charge in [0.2, 0.25) is 0 Å². The van der Waals surface area contributed by atoms with Crippen LogP contribution in [-0.4, -0.2) is 94.4 Å². The second kappa shape index (κ2) is 29.7. The third-order valence-corrected chi connectivity index (χ3v) is 3.90. The van der Waals surface area contributed by atoms with E-state index in [1.54, 1.807) is 0 Å². The number of unbranched alkanes of at least 4 members (excludes halogenated alkanes) is 3. The summed E-state index contributed by atoms with van der Waals surface area (Å²) in [5, 5.41) is 51.4. The first-order valence-electron chi connectivity index (χ1n) is 11.4. The number of carbonyl (C=O) groups is 2. The van der Waals surface area contributed by atoms with Crippen LogP contribution in [0.3, 0.4) is 0 Å². The summed E-state index contributed by atoms with van der Waals surface area (Å²) in [5.41, 5.74) is 0. The number of aliphatic carboxylic acids is 2. The zero-order chi connectivity index (χ0) is 25.0. The monoisotopic (exact) mass is 470 g/mol. The molecular weight excluding hydrogens is 424 g/mol. The van der Waals surface area contributed by atoms with Gasteiger partial charge >= 0.3 is 11.9 Å². The minimum atomic E-state index is -0.870. The molecular formula is C22H46O10. The highest BCUT2D eigenvalue weighted by Gasteiger charge is 2.03. The Morgan fingerprint density at radius 2 is 1.03 bits per heavy atom. The molecule has 0 aliphatic heterocycles. The fourth-order valence-corrected chi connectivity index (χ4v) is 2.17. The maximum Gasteiger partial charge on any atom is 0.303 e. The maximum absolute atomic E-state index is 9.90. The summed E-state index contributed by atoms with van der Waals surface area (Å²) in [7, 11) is 0. The van der Waals surface area contributed by atoms with Crippen LogP contribution in [-0.2, 0) is 19.1 Å². The van der Waals surface area contributed by atoms with Gasteiger partial charge in [0, 0.05) is 12.8 Å². The molecule has 0 heterocycles. The van der Waals surface area contributed by atoms with Gasteiger partial charge in [-0.15, -0.1) is 0 Å². The summed E-state index contributed by atoms with van der Waals surface area (Å²) in [4.78, 5) is 19.8. The lowest BCUT2D eigenvalue weighted by Crippen LogP contribution is -2.16. The van der Waals surface area contributed by atoms with Crippen LogP contribution in [0.1, 0.15) is 78.1 Å². The molecule has 0 aromatic rings. The van der Waals surface area contributed by atoms with E-state index in [-0.39, 0.29) is 38.3 Å². The molecule has 0 aromatic carbocycles. The predicted molar refractivity (Wildman–Crippen MR) is 121 cm³/mol. The van der Waals surface area contributed by atoms with Gasteiger partial charge in [0.1, 0.15) is 0 Å². The van der Waals surface area contributed by atoms with E-state index in [1.165, 1.54) is 0 Å². The van der Waals surface area contributed by atoms with Crippen LogP contribution in [0.25, 0.3) is 0 Å². The van der Waals surface area contributed by atoms with Crippen molar-refractivity contribution >= 4 is 11.9 Å². The van der Waals surface area contributed by atoms with Gasteiger partial charge in [-0.3, -0.25) is 9.59 Å². The van der Waals surface area contributed by atoms with Crippen molar-refractivity contribution < 1.29 is 49.7 Å². The van der Waals surface area contributed by atoms with Crippen molar-refractivity contribution in [1.29, 1.82) is 0 Å². The summed E-state index contributed by atoms with van der Waals surface area (Å²) in [6.07, 6.45) is 6.14. The SMILES string of the molecule is CCCCC(O)COCCO.CCCCC(O)COCCO.O=C(O)CCCCC(=O)O. The first-order chi connectivity index (χ1) is 15.2. The van der Waals surface area contributed by atoms with Gasteiger partial charge in [-0.05, 0) is 25.7 Å². The highest BCUT2D eigenvalue weighted by atomic mass is 16.5. The normalized spacial score (nSPS) is 12.1. The van der Waals surface area contributed by atoms with E-state index >= 15 is 0 Å². The van der Waals surface area contributed by atoms with Crippen LogP contribution in [0.15, 0.2) is 0 Å². The van der Waals surface area contributed by atoms with Crippen LogP contribution >= 0.6 is 0 Å². The second-order valence-electron chi connectivity index (χ2n) is 7.18. The molecule has 0 aliphatic rings. The number of aliphatic hydroxyl groups excluding tert-OH is 4. The lowest BCUT2D eigenvalue weighted by atomic mass is 10.2. The number of carboxylic acids is 2. The van der Waals surface area contributed by atoms with Crippen molar-refractivity contribution in [3.8, 4) is 0 Å². The Hall–Kier alpha value is -1.30. The molecule has 0 bridgehead atoms. The number of aliphatic hydroxyl groups is 4. The minimum absolute atomic E-state index is 0.0283. The fraction of sp³-hybridized carbons (Fsp3) is 0.909. The third-order valence-electron chi connectivity index (χ3n) is 3.90. The van der Waals surface area contributed by atoms with Gasteiger partial charge in [0.05, 0.1) is 51.8 Å². The molecule has 0 amide bonds. The Morgan fingerprint density at radius 1 is 0.688 bits per heavy atom. The highest BCUT2D eigenvalue weighted by Crippen LogP contribution is 2.01. The third kappa shape index (κ3) is 39.2. The van der Waals surface area contributed by atoms with E-state index in [4.69, 9.17) is 29.9 Å². The molecule has 0 fully saturated rings. The lowest BCUT2D eigenvalue weighted by Gasteiger charge is -2.09. The van der Waals surface area contributed by atoms with Gasteiger partial charge < -0.3 is 40.1 Å². The Bertz CT molecular complexity index is 357. The van der Waals surface area contributed by atoms with E-state index < -0.39 is 11.9 Å². The van der Waals surface area contributed by atoms with E-state index in [1.807, 2.05) is 0 Å². The van der Waals surface area contributed by atoms with Gasteiger partial charge in [-0.1, -0.05) is 39.5 Å². The first kappa shape index (κ1) is 35.3.